The summed E-state index contributed by atoms with van der Waals surface area (Å²) in [4.78, 5) is 15.1. The highest BCUT2D eigenvalue weighted by atomic mass is 16.5. The van der Waals surface area contributed by atoms with E-state index in [1.54, 1.807) is 6.33 Å². The lowest BCUT2D eigenvalue weighted by Gasteiger charge is -2.06. The zero-order valence-corrected chi connectivity index (χ0v) is 8.43. The largest absolute Gasteiger partial charge is 0.468 e. The summed E-state index contributed by atoms with van der Waals surface area (Å²) in [6.07, 6.45) is 4.88. The number of carbonyl (C=O) groups excluding carboxylic acids is 1. The Kier molecular flexibility index (Phi) is 3.64. The van der Waals surface area contributed by atoms with Crippen LogP contribution in [0.25, 0.3) is 0 Å². The quantitative estimate of drug-likeness (QED) is 0.682. The molecule has 1 rings (SSSR count). The maximum atomic E-state index is 11.0. The molecule has 1 atom stereocenters. The molecule has 0 aromatic carbocycles. The van der Waals surface area contributed by atoms with Crippen LogP contribution in [0.3, 0.4) is 0 Å². The van der Waals surface area contributed by atoms with Crippen LogP contribution in [0.2, 0.25) is 0 Å². The summed E-state index contributed by atoms with van der Waals surface area (Å²) in [6, 6.07) is -0.554. The average molecular weight is 197 g/mol. The molecule has 0 bridgehead atoms. The molecule has 0 saturated heterocycles. The predicted molar refractivity (Wildman–Crippen MR) is 51.5 cm³/mol. The van der Waals surface area contributed by atoms with Gasteiger partial charge in [-0.1, -0.05) is 0 Å². The molecular formula is C9H15N3O2. The fraction of sp³-hybridized carbons (Fsp3) is 0.556. The average Bonchev–Trinajstić information content (AvgIpc) is 2.59. The van der Waals surface area contributed by atoms with Crippen LogP contribution in [0.15, 0.2) is 12.5 Å². The third-order valence-corrected chi connectivity index (χ3v) is 1.97. The maximum Gasteiger partial charge on any atom is 0.322 e. The van der Waals surface area contributed by atoms with E-state index in [-0.39, 0.29) is 5.97 Å². The second-order valence-corrected chi connectivity index (χ2v) is 3.20. The molecule has 0 aliphatic rings. The molecule has 0 amide bonds. The Morgan fingerprint density at radius 1 is 1.79 bits per heavy atom. The van der Waals surface area contributed by atoms with Crippen molar-refractivity contribution in [1.29, 1.82) is 0 Å². The lowest BCUT2D eigenvalue weighted by Crippen LogP contribution is -2.31. The highest BCUT2D eigenvalue weighted by Gasteiger charge is 2.13. The van der Waals surface area contributed by atoms with Gasteiger partial charge < -0.3 is 15.0 Å². The van der Waals surface area contributed by atoms with E-state index < -0.39 is 6.04 Å². The number of hydrogen-bond acceptors (Lipinski definition) is 4. The van der Waals surface area contributed by atoms with Crippen molar-refractivity contribution in [2.24, 2.45) is 12.8 Å². The molecule has 0 unspecified atom stereocenters. The van der Waals surface area contributed by atoms with Crippen molar-refractivity contribution in [2.75, 3.05) is 7.11 Å². The van der Waals surface area contributed by atoms with Crippen molar-refractivity contribution >= 4 is 5.97 Å². The molecule has 0 spiro atoms. The minimum Gasteiger partial charge on any atom is -0.468 e. The van der Waals surface area contributed by atoms with Gasteiger partial charge in [-0.15, -0.1) is 0 Å². The first-order valence-electron chi connectivity index (χ1n) is 4.43. The first-order chi connectivity index (χ1) is 6.63. The number of rotatable bonds is 4. The summed E-state index contributed by atoms with van der Waals surface area (Å²) in [6.45, 7) is 0. The van der Waals surface area contributed by atoms with Crippen molar-refractivity contribution in [3.05, 3.63) is 18.2 Å². The number of aromatic nitrogens is 2. The van der Waals surface area contributed by atoms with Crippen LogP contribution < -0.4 is 5.73 Å². The van der Waals surface area contributed by atoms with Crippen molar-refractivity contribution in [2.45, 2.75) is 18.9 Å². The Labute approximate surface area is 82.9 Å². The van der Waals surface area contributed by atoms with Gasteiger partial charge in [-0.25, -0.2) is 4.98 Å². The number of hydrogen-bond donors (Lipinski definition) is 1. The van der Waals surface area contributed by atoms with Crippen LogP contribution in [0.4, 0.5) is 0 Å². The van der Waals surface area contributed by atoms with Gasteiger partial charge in [0.25, 0.3) is 0 Å². The highest BCUT2D eigenvalue weighted by Crippen LogP contribution is 2.01. The lowest BCUT2D eigenvalue weighted by atomic mass is 10.1. The van der Waals surface area contributed by atoms with Crippen molar-refractivity contribution in [3.8, 4) is 0 Å². The minimum atomic E-state index is -0.554. The van der Waals surface area contributed by atoms with Crippen LogP contribution in [0.1, 0.15) is 12.1 Å². The molecule has 14 heavy (non-hydrogen) atoms. The number of methoxy groups -OCH3 is 1. The van der Waals surface area contributed by atoms with Crippen LogP contribution in [0.5, 0.6) is 0 Å². The van der Waals surface area contributed by atoms with E-state index in [1.165, 1.54) is 7.11 Å². The van der Waals surface area contributed by atoms with Crippen LogP contribution >= 0.6 is 0 Å². The molecule has 0 aliphatic carbocycles. The SMILES string of the molecule is COC(=O)[C@@H](N)CCc1cn(C)cn1. The normalized spacial score (nSPS) is 12.5. The fourth-order valence-corrected chi connectivity index (χ4v) is 1.17. The van der Waals surface area contributed by atoms with E-state index >= 15 is 0 Å². The fourth-order valence-electron chi connectivity index (χ4n) is 1.17. The highest BCUT2D eigenvalue weighted by molar-refractivity contribution is 5.75. The molecule has 0 fully saturated rings. The van der Waals surface area contributed by atoms with Crippen LogP contribution in [-0.2, 0) is 23.0 Å². The Hall–Kier alpha value is -1.36. The van der Waals surface area contributed by atoms with E-state index in [2.05, 4.69) is 9.72 Å². The standard InChI is InChI=1S/C9H15N3O2/c1-12-5-7(11-6-12)3-4-8(10)9(13)14-2/h5-6,8H,3-4,10H2,1-2H3/t8-/m0/s1. The molecule has 1 aromatic heterocycles. The van der Waals surface area contributed by atoms with E-state index in [0.717, 1.165) is 5.69 Å². The van der Waals surface area contributed by atoms with E-state index in [0.29, 0.717) is 12.8 Å². The predicted octanol–water partition coefficient (Wildman–Crippen LogP) is -0.147. The molecule has 2 N–H and O–H groups in total. The van der Waals surface area contributed by atoms with Crippen molar-refractivity contribution < 1.29 is 9.53 Å². The third-order valence-electron chi connectivity index (χ3n) is 1.97. The molecule has 1 heterocycles. The number of aryl methyl sites for hydroxylation is 2. The van der Waals surface area contributed by atoms with E-state index in [1.807, 2.05) is 17.8 Å². The zero-order chi connectivity index (χ0) is 10.6. The smallest absolute Gasteiger partial charge is 0.322 e. The molecule has 78 valence electrons. The molecular weight excluding hydrogens is 182 g/mol. The summed E-state index contributed by atoms with van der Waals surface area (Å²) >= 11 is 0. The minimum absolute atomic E-state index is 0.374. The van der Waals surface area contributed by atoms with Gasteiger partial charge in [0.15, 0.2) is 0 Å². The Morgan fingerprint density at radius 3 is 3.00 bits per heavy atom. The monoisotopic (exact) mass is 197 g/mol. The van der Waals surface area contributed by atoms with E-state index in [9.17, 15) is 4.79 Å². The summed E-state index contributed by atoms with van der Waals surface area (Å²) in [5.74, 6) is -0.374. The van der Waals surface area contributed by atoms with Gasteiger partial charge in [-0.05, 0) is 12.8 Å². The van der Waals surface area contributed by atoms with Gasteiger partial charge in [0.2, 0.25) is 0 Å². The maximum absolute atomic E-state index is 11.0. The van der Waals surface area contributed by atoms with Gasteiger partial charge in [0.05, 0.1) is 19.1 Å². The zero-order valence-electron chi connectivity index (χ0n) is 8.43. The summed E-state index contributed by atoms with van der Waals surface area (Å²) in [7, 11) is 3.24. The summed E-state index contributed by atoms with van der Waals surface area (Å²) in [5.41, 5.74) is 6.51. The van der Waals surface area contributed by atoms with Crippen LogP contribution in [-0.4, -0.2) is 28.7 Å². The van der Waals surface area contributed by atoms with Gasteiger partial charge in [-0.2, -0.15) is 0 Å². The van der Waals surface area contributed by atoms with Crippen molar-refractivity contribution in [3.63, 3.8) is 0 Å². The van der Waals surface area contributed by atoms with Gasteiger partial charge in [0.1, 0.15) is 6.04 Å². The second kappa shape index (κ2) is 4.76. The summed E-state index contributed by atoms with van der Waals surface area (Å²) < 4.78 is 6.38. The number of nitrogens with two attached hydrogens (primary N) is 1. The molecule has 0 aliphatic heterocycles. The Morgan fingerprint density at radius 2 is 2.50 bits per heavy atom. The lowest BCUT2D eigenvalue weighted by molar-refractivity contribution is -0.142. The van der Waals surface area contributed by atoms with Crippen molar-refractivity contribution in [1.82, 2.24) is 9.55 Å². The first kappa shape index (κ1) is 10.7. The Bertz CT molecular complexity index is 309. The Balaban J connectivity index is 2.37. The summed E-state index contributed by atoms with van der Waals surface area (Å²) in [5, 5.41) is 0. The van der Waals surface area contributed by atoms with Gasteiger partial charge in [-0.3, -0.25) is 4.79 Å². The van der Waals surface area contributed by atoms with E-state index in [4.69, 9.17) is 5.73 Å². The first-order valence-corrected chi connectivity index (χ1v) is 4.43. The molecule has 0 saturated carbocycles. The number of carbonyl (C=O) groups is 1. The second-order valence-electron chi connectivity index (χ2n) is 3.20. The topological polar surface area (TPSA) is 70.1 Å². The number of esters is 1. The van der Waals surface area contributed by atoms with Gasteiger partial charge >= 0.3 is 5.97 Å². The number of ether oxygens (including phenoxy) is 1. The molecule has 5 nitrogen and oxygen atoms in total. The number of nitrogens with zero attached hydrogens (tertiary/aromatic N) is 2. The third kappa shape index (κ3) is 2.85. The molecule has 0 radical (unpaired) electrons. The molecule has 1 aromatic rings. The van der Waals surface area contributed by atoms with Crippen LogP contribution in [0, 0.1) is 0 Å². The van der Waals surface area contributed by atoms with Gasteiger partial charge in [0, 0.05) is 13.2 Å². The molecule has 5 heteroatoms. The number of imidazole rings is 1.